The van der Waals surface area contributed by atoms with Crippen LogP contribution in [0.15, 0.2) is 30.3 Å². The van der Waals surface area contributed by atoms with E-state index in [1.807, 2.05) is 37.3 Å². The molecule has 0 saturated carbocycles. The van der Waals surface area contributed by atoms with Gasteiger partial charge in [-0.2, -0.15) is 0 Å². The van der Waals surface area contributed by atoms with Crippen molar-refractivity contribution in [2.75, 3.05) is 0 Å². The Labute approximate surface area is 127 Å². The second-order valence-electron chi connectivity index (χ2n) is 5.40. The number of ether oxygens (including phenoxy) is 2. The Hall–Kier alpha value is -1.55. The maximum absolute atomic E-state index is 11.8. The van der Waals surface area contributed by atoms with Crippen molar-refractivity contribution in [1.29, 1.82) is 0 Å². The van der Waals surface area contributed by atoms with Crippen molar-refractivity contribution in [3.05, 3.63) is 30.3 Å². The normalized spacial score (nSPS) is 15.3. The molecule has 0 radical (unpaired) electrons. The molecule has 118 valence electrons. The minimum absolute atomic E-state index is 0.222. The van der Waals surface area contributed by atoms with Crippen molar-refractivity contribution in [1.82, 2.24) is 0 Å². The molecule has 0 bridgehead atoms. The Morgan fingerprint density at radius 1 is 1.14 bits per heavy atom. The second-order valence-corrected chi connectivity index (χ2v) is 5.40. The highest BCUT2D eigenvalue weighted by atomic mass is 16.6. The summed E-state index contributed by atoms with van der Waals surface area (Å²) in [6.07, 6.45) is 1.34. The number of carbonyl (C=O) groups excluding carboxylic acids is 1. The van der Waals surface area contributed by atoms with Crippen molar-refractivity contribution in [3.8, 4) is 5.75 Å². The van der Waals surface area contributed by atoms with E-state index in [4.69, 9.17) is 15.2 Å². The van der Waals surface area contributed by atoms with E-state index < -0.39 is 6.04 Å². The Balaban J connectivity index is 2.81. The molecule has 2 N–H and O–H groups in total. The van der Waals surface area contributed by atoms with Crippen LogP contribution in [0.5, 0.6) is 5.75 Å². The number of nitrogens with two attached hydrogens (primary N) is 1. The van der Waals surface area contributed by atoms with Gasteiger partial charge < -0.3 is 15.2 Å². The van der Waals surface area contributed by atoms with Gasteiger partial charge in [-0.1, -0.05) is 32.0 Å². The lowest BCUT2D eigenvalue weighted by Gasteiger charge is -2.31. The molecule has 0 aromatic heterocycles. The third-order valence-electron chi connectivity index (χ3n) is 3.67. The zero-order chi connectivity index (χ0) is 15.8. The van der Waals surface area contributed by atoms with Gasteiger partial charge in [0.1, 0.15) is 24.0 Å². The van der Waals surface area contributed by atoms with Gasteiger partial charge in [0, 0.05) is 0 Å². The van der Waals surface area contributed by atoms with Gasteiger partial charge in [-0.25, -0.2) is 0 Å². The van der Waals surface area contributed by atoms with Crippen LogP contribution in [0.2, 0.25) is 0 Å². The number of benzene rings is 1. The standard InChI is InChI=1S/C17H27NO3/c1-5-14(6-2)16(21-17(19)12(3)18)13(4)20-15-10-8-7-9-11-15/h7-14,16H,5-6,18H2,1-4H3/t12-,13-,16+/m0/s1. The summed E-state index contributed by atoms with van der Waals surface area (Å²) >= 11 is 0. The van der Waals surface area contributed by atoms with E-state index in [2.05, 4.69) is 13.8 Å². The van der Waals surface area contributed by atoms with E-state index in [-0.39, 0.29) is 24.1 Å². The fourth-order valence-corrected chi connectivity index (χ4v) is 2.35. The van der Waals surface area contributed by atoms with Gasteiger partial charge >= 0.3 is 5.97 Å². The highest BCUT2D eigenvalue weighted by Gasteiger charge is 2.30. The van der Waals surface area contributed by atoms with Crippen LogP contribution in [0.25, 0.3) is 0 Å². The number of hydrogen-bond acceptors (Lipinski definition) is 4. The summed E-state index contributed by atoms with van der Waals surface area (Å²) < 4.78 is 11.5. The van der Waals surface area contributed by atoms with E-state index in [1.165, 1.54) is 0 Å². The van der Waals surface area contributed by atoms with Crippen LogP contribution in [0.3, 0.4) is 0 Å². The molecule has 21 heavy (non-hydrogen) atoms. The largest absolute Gasteiger partial charge is 0.487 e. The van der Waals surface area contributed by atoms with Gasteiger partial charge in [0.05, 0.1) is 0 Å². The third-order valence-corrected chi connectivity index (χ3v) is 3.67. The summed E-state index contributed by atoms with van der Waals surface area (Å²) in [5, 5.41) is 0. The molecule has 0 aliphatic heterocycles. The quantitative estimate of drug-likeness (QED) is 0.748. The Morgan fingerprint density at radius 3 is 2.19 bits per heavy atom. The molecule has 1 aromatic rings. The number of rotatable bonds is 8. The van der Waals surface area contributed by atoms with Crippen molar-refractivity contribution < 1.29 is 14.3 Å². The molecule has 1 rings (SSSR count). The zero-order valence-electron chi connectivity index (χ0n) is 13.4. The summed E-state index contributed by atoms with van der Waals surface area (Å²) in [7, 11) is 0. The van der Waals surface area contributed by atoms with Crippen LogP contribution in [0, 0.1) is 5.92 Å². The molecule has 0 amide bonds. The average Bonchev–Trinajstić information content (AvgIpc) is 2.48. The summed E-state index contributed by atoms with van der Waals surface area (Å²) in [5.41, 5.74) is 5.60. The maximum atomic E-state index is 11.8. The number of carbonyl (C=O) groups is 1. The van der Waals surface area contributed by atoms with E-state index >= 15 is 0 Å². The monoisotopic (exact) mass is 293 g/mol. The van der Waals surface area contributed by atoms with Crippen molar-refractivity contribution in [2.45, 2.75) is 58.8 Å². The Morgan fingerprint density at radius 2 is 1.71 bits per heavy atom. The molecule has 0 aliphatic rings. The van der Waals surface area contributed by atoms with Crippen LogP contribution in [-0.4, -0.2) is 24.2 Å². The minimum Gasteiger partial charge on any atom is -0.487 e. The van der Waals surface area contributed by atoms with Crippen molar-refractivity contribution >= 4 is 5.97 Å². The molecule has 0 saturated heterocycles. The molecular formula is C17H27NO3. The average molecular weight is 293 g/mol. The third kappa shape index (κ3) is 5.38. The zero-order valence-corrected chi connectivity index (χ0v) is 13.4. The Kier molecular flexibility index (Phi) is 7.23. The first-order chi connectivity index (χ1) is 9.99. The molecule has 0 unspecified atom stereocenters. The number of para-hydroxylation sites is 1. The van der Waals surface area contributed by atoms with Gasteiger partial charge in [-0.3, -0.25) is 4.79 Å². The van der Waals surface area contributed by atoms with E-state index in [9.17, 15) is 4.79 Å². The molecule has 0 fully saturated rings. The van der Waals surface area contributed by atoms with Gasteiger partial charge in [-0.15, -0.1) is 0 Å². The minimum atomic E-state index is -0.620. The topological polar surface area (TPSA) is 61.5 Å². The van der Waals surface area contributed by atoms with Crippen LogP contribution in [-0.2, 0) is 9.53 Å². The summed E-state index contributed by atoms with van der Waals surface area (Å²) in [6, 6.07) is 8.95. The van der Waals surface area contributed by atoms with Gasteiger partial charge in [0.15, 0.2) is 0 Å². The van der Waals surface area contributed by atoms with E-state index in [1.54, 1.807) is 6.92 Å². The lowest BCUT2D eigenvalue weighted by Crippen LogP contribution is -2.42. The van der Waals surface area contributed by atoms with Crippen molar-refractivity contribution in [2.24, 2.45) is 11.7 Å². The highest BCUT2D eigenvalue weighted by Crippen LogP contribution is 2.23. The van der Waals surface area contributed by atoms with Crippen LogP contribution >= 0.6 is 0 Å². The van der Waals surface area contributed by atoms with Gasteiger partial charge in [0.25, 0.3) is 0 Å². The second kappa shape index (κ2) is 8.67. The molecule has 3 atom stereocenters. The lowest BCUT2D eigenvalue weighted by atomic mass is 9.93. The fourth-order valence-electron chi connectivity index (χ4n) is 2.35. The maximum Gasteiger partial charge on any atom is 0.323 e. The number of esters is 1. The van der Waals surface area contributed by atoms with Crippen LogP contribution in [0.1, 0.15) is 40.5 Å². The molecule has 1 aromatic carbocycles. The van der Waals surface area contributed by atoms with Crippen molar-refractivity contribution in [3.63, 3.8) is 0 Å². The molecule has 0 spiro atoms. The summed E-state index contributed by atoms with van der Waals surface area (Å²) in [4.78, 5) is 11.8. The molecule has 0 aliphatic carbocycles. The molecule has 4 heteroatoms. The molecule has 4 nitrogen and oxygen atoms in total. The highest BCUT2D eigenvalue weighted by molar-refractivity contribution is 5.75. The number of hydrogen-bond donors (Lipinski definition) is 1. The summed E-state index contributed by atoms with van der Waals surface area (Å²) in [5.74, 6) is 0.652. The van der Waals surface area contributed by atoms with Crippen LogP contribution < -0.4 is 10.5 Å². The van der Waals surface area contributed by atoms with Gasteiger partial charge in [0.2, 0.25) is 0 Å². The summed E-state index contributed by atoms with van der Waals surface area (Å²) in [6.45, 7) is 7.76. The van der Waals surface area contributed by atoms with Gasteiger partial charge in [-0.05, 0) is 44.7 Å². The lowest BCUT2D eigenvalue weighted by molar-refractivity contribution is -0.159. The first-order valence-corrected chi connectivity index (χ1v) is 7.67. The predicted octanol–water partition coefficient (Wildman–Crippen LogP) is 3.15. The van der Waals surface area contributed by atoms with Crippen LogP contribution in [0.4, 0.5) is 0 Å². The predicted molar refractivity (Wildman–Crippen MR) is 84.1 cm³/mol. The first-order valence-electron chi connectivity index (χ1n) is 7.67. The fraction of sp³-hybridized carbons (Fsp3) is 0.588. The van der Waals surface area contributed by atoms with E-state index in [0.717, 1.165) is 18.6 Å². The Bertz CT molecular complexity index is 415. The SMILES string of the molecule is CCC(CC)[C@H](OC(=O)[C@H](C)N)[C@H](C)Oc1ccccc1. The smallest absolute Gasteiger partial charge is 0.323 e. The molecule has 0 heterocycles. The molecular weight excluding hydrogens is 266 g/mol. The first kappa shape index (κ1) is 17.5. The van der Waals surface area contributed by atoms with E-state index in [0.29, 0.717) is 0 Å².